The number of carbonyl (C=O) groups excluding carboxylic acids is 1. The maximum Gasteiger partial charge on any atom is 0.265 e. The van der Waals surface area contributed by atoms with E-state index in [1.807, 2.05) is 18.4 Å². The molecule has 3 N–H and O–H groups in total. The van der Waals surface area contributed by atoms with Crippen LogP contribution < -0.4 is 16.0 Å². The van der Waals surface area contributed by atoms with Gasteiger partial charge in [0.2, 0.25) is 0 Å². The normalized spacial score (nSPS) is 10.3. The first-order valence-electron chi connectivity index (χ1n) is 6.19. The van der Waals surface area contributed by atoms with Crippen LogP contribution in [0.4, 0.5) is 4.39 Å². The molecular weight excluding hydrogens is 295 g/mol. The molecule has 0 aliphatic heterocycles. The van der Waals surface area contributed by atoms with Gasteiger partial charge in [0, 0.05) is 11.1 Å². The van der Waals surface area contributed by atoms with Crippen molar-refractivity contribution < 1.29 is 13.9 Å². The van der Waals surface area contributed by atoms with E-state index in [2.05, 4.69) is 0 Å². The van der Waals surface area contributed by atoms with E-state index in [0.29, 0.717) is 10.8 Å². The number of amides is 1. The van der Waals surface area contributed by atoms with Crippen LogP contribution in [0, 0.1) is 12.7 Å². The van der Waals surface area contributed by atoms with E-state index in [4.69, 9.17) is 22.2 Å². The fourth-order valence-electron chi connectivity index (χ4n) is 1.79. The number of carbonyl (C=O) groups is 1. The maximum atomic E-state index is 13.7. The molecule has 0 heterocycles. The third-order valence-corrected chi connectivity index (χ3v) is 3.20. The van der Waals surface area contributed by atoms with Crippen LogP contribution in [-0.4, -0.2) is 5.91 Å². The van der Waals surface area contributed by atoms with E-state index in [1.165, 1.54) is 18.2 Å². The lowest BCUT2D eigenvalue weighted by Gasteiger charge is -2.10. The molecular formula is C15H14ClFN2O2. The lowest BCUT2D eigenvalue weighted by Crippen LogP contribution is -2.30. The molecule has 0 atom stereocenters. The second-order valence-electron chi connectivity index (χ2n) is 4.50. The minimum atomic E-state index is -0.496. The molecule has 2 aromatic carbocycles. The van der Waals surface area contributed by atoms with Crippen molar-refractivity contribution in [2.75, 3.05) is 0 Å². The summed E-state index contributed by atoms with van der Waals surface area (Å²) >= 11 is 6.04. The predicted octanol–water partition coefficient (Wildman–Crippen LogP) is 2.97. The number of hydrogen-bond donors (Lipinski definition) is 2. The van der Waals surface area contributed by atoms with Gasteiger partial charge in [-0.2, -0.15) is 0 Å². The molecule has 2 rings (SSSR count). The van der Waals surface area contributed by atoms with Crippen LogP contribution >= 0.6 is 11.6 Å². The molecule has 0 aromatic heterocycles. The van der Waals surface area contributed by atoms with E-state index in [0.717, 1.165) is 5.56 Å². The Hall–Kier alpha value is -2.11. The van der Waals surface area contributed by atoms with E-state index in [-0.39, 0.29) is 17.7 Å². The summed E-state index contributed by atoms with van der Waals surface area (Å²) < 4.78 is 19.2. The van der Waals surface area contributed by atoms with Crippen LogP contribution in [0.3, 0.4) is 0 Å². The minimum absolute atomic E-state index is 0.0414. The highest BCUT2D eigenvalue weighted by atomic mass is 35.5. The average Bonchev–Trinajstić information content (AvgIpc) is 2.47. The smallest absolute Gasteiger partial charge is 0.265 e. The first-order chi connectivity index (χ1) is 10.0. The molecule has 0 bridgehead atoms. The Kier molecular flexibility index (Phi) is 4.77. The van der Waals surface area contributed by atoms with Crippen LogP contribution in [0.2, 0.25) is 5.02 Å². The first-order valence-corrected chi connectivity index (χ1v) is 6.57. The Balaban J connectivity index is 2.17. The number of nitrogens with one attached hydrogen (secondary N) is 1. The fourth-order valence-corrected chi connectivity index (χ4v) is 2.08. The van der Waals surface area contributed by atoms with E-state index in [9.17, 15) is 9.18 Å². The van der Waals surface area contributed by atoms with Crippen LogP contribution in [-0.2, 0) is 6.61 Å². The van der Waals surface area contributed by atoms with Gasteiger partial charge in [-0.05, 0) is 42.8 Å². The molecule has 21 heavy (non-hydrogen) atoms. The maximum absolute atomic E-state index is 13.7. The van der Waals surface area contributed by atoms with Gasteiger partial charge in [-0.3, -0.25) is 10.2 Å². The molecule has 4 nitrogen and oxygen atoms in total. The number of hydrogen-bond acceptors (Lipinski definition) is 3. The Bertz CT molecular complexity index is 677. The third kappa shape index (κ3) is 3.71. The van der Waals surface area contributed by atoms with Gasteiger partial charge >= 0.3 is 0 Å². The summed E-state index contributed by atoms with van der Waals surface area (Å²) in [6.07, 6.45) is 0. The van der Waals surface area contributed by atoms with Crippen molar-refractivity contribution in [2.24, 2.45) is 5.84 Å². The molecule has 0 unspecified atom stereocenters. The van der Waals surface area contributed by atoms with Crippen molar-refractivity contribution in [3.8, 4) is 5.75 Å². The van der Waals surface area contributed by atoms with Crippen molar-refractivity contribution in [1.29, 1.82) is 0 Å². The van der Waals surface area contributed by atoms with Gasteiger partial charge in [-0.15, -0.1) is 0 Å². The van der Waals surface area contributed by atoms with Crippen molar-refractivity contribution >= 4 is 17.5 Å². The summed E-state index contributed by atoms with van der Waals surface area (Å²) in [6, 6.07) is 9.24. The molecule has 0 saturated carbocycles. The molecule has 0 radical (unpaired) electrons. The summed E-state index contributed by atoms with van der Waals surface area (Å²) in [6.45, 7) is 1.87. The molecule has 2 aromatic rings. The Morgan fingerprint density at radius 3 is 2.76 bits per heavy atom. The number of ether oxygens (including phenoxy) is 1. The highest BCUT2D eigenvalue weighted by Crippen LogP contribution is 2.26. The molecule has 1 amide bonds. The lowest BCUT2D eigenvalue weighted by atomic mass is 10.1. The standard InChI is InChI=1S/C15H14ClFN2O2/c1-9-2-5-14(12(16)6-9)21-8-11-7-10(15(20)19-18)3-4-13(11)17/h2-7H,8,18H2,1H3,(H,19,20). The molecule has 6 heteroatoms. The number of benzene rings is 2. The molecule has 0 aliphatic rings. The Labute approximate surface area is 126 Å². The van der Waals surface area contributed by atoms with Crippen LogP contribution in [0.5, 0.6) is 5.75 Å². The van der Waals surface area contributed by atoms with Gasteiger partial charge in [0.15, 0.2) is 0 Å². The van der Waals surface area contributed by atoms with Crippen molar-refractivity contribution in [3.63, 3.8) is 0 Å². The minimum Gasteiger partial charge on any atom is -0.487 e. The number of nitrogen functional groups attached to an aromatic ring is 1. The molecule has 0 fully saturated rings. The van der Waals surface area contributed by atoms with Crippen molar-refractivity contribution in [1.82, 2.24) is 5.43 Å². The summed E-state index contributed by atoms with van der Waals surface area (Å²) in [5.41, 5.74) is 3.49. The molecule has 110 valence electrons. The topological polar surface area (TPSA) is 64.3 Å². The third-order valence-electron chi connectivity index (χ3n) is 2.91. The zero-order valence-corrected chi connectivity index (χ0v) is 12.1. The van der Waals surface area contributed by atoms with Gasteiger partial charge in [0.1, 0.15) is 18.2 Å². The molecule has 0 spiro atoms. The predicted molar refractivity (Wildman–Crippen MR) is 78.6 cm³/mol. The number of halogens is 2. The number of nitrogens with two attached hydrogens (primary N) is 1. The SMILES string of the molecule is Cc1ccc(OCc2cc(C(=O)NN)ccc2F)c(Cl)c1. The zero-order valence-electron chi connectivity index (χ0n) is 11.3. The first kappa shape index (κ1) is 15.3. The summed E-state index contributed by atoms with van der Waals surface area (Å²) in [5, 5.41) is 0.450. The monoisotopic (exact) mass is 308 g/mol. The van der Waals surface area contributed by atoms with Crippen LogP contribution in [0.25, 0.3) is 0 Å². The second kappa shape index (κ2) is 6.56. The van der Waals surface area contributed by atoms with Gasteiger partial charge < -0.3 is 4.74 Å². The lowest BCUT2D eigenvalue weighted by molar-refractivity contribution is 0.0953. The number of aryl methyl sites for hydroxylation is 1. The highest BCUT2D eigenvalue weighted by molar-refractivity contribution is 6.32. The van der Waals surface area contributed by atoms with Crippen molar-refractivity contribution in [2.45, 2.75) is 13.5 Å². The van der Waals surface area contributed by atoms with E-state index in [1.54, 1.807) is 12.1 Å². The van der Waals surface area contributed by atoms with Crippen LogP contribution in [0.15, 0.2) is 36.4 Å². The quantitative estimate of drug-likeness (QED) is 0.518. The number of hydrazine groups is 1. The molecule has 0 aliphatic carbocycles. The Morgan fingerprint density at radius 1 is 1.33 bits per heavy atom. The molecule has 0 saturated heterocycles. The second-order valence-corrected chi connectivity index (χ2v) is 4.91. The summed E-state index contributed by atoms with van der Waals surface area (Å²) in [5.74, 6) is 4.54. The highest BCUT2D eigenvalue weighted by Gasteiger charge is 2.10. The van der Waals surface area contributed by atoms with Gasteiger partial charge in [0.25, 0.3) is 5.91 Å². The fraction of sp³-hybridized carbons (Fsp3) is 0.133. The summed E-state index contributed by atoms with van der Waals surface area (Å²) in [7, 11) is 0. The zero-order chi connectivity index (χ0) is 15.4. The van der Waals surface area contributed by atoms with E-state index >= 15 is 0 Å². The summed E-state index contributed by atoms with van der Waals surface area (Å²) in [4.78, 5) is 11.4. The van der Waals surface area contributed by atoms with Gasteiger partial charge in [-0.1, -0.05) is 17.7 Å². The van der Waals surface area contributed by atoms with Crippen LogP contribution in [0.1, 0.15) is 21.5 Å². The van der Waals surface area contributed by atoms with Gasteiger partial charge in [-0.25, -0.2) is 10.2 Å². The van der Waals surface area contributed by atoms with Gasteiger partial charge in [0.05, 0.1) is 5.02 Å². The van der Waals surface area contributed by atoms with E-state index < -0.39 is 11.7 Å². The number of rotatable bonds is 4. The largest absolute Gasteiger partial charge is 0.487 e. The van der Waals surface area contributed by atoms with Crippen molar-refractivity contribution in [3.05, 3.63) is 63.9 Å². The Morgan fingerprint density at radius 2 is 2.10 bits per heavy atom. The average molecular weight is 309 g/mol.